The number of alkyl carbamates (subject to hydrolysis) is 1. The number of anilines is 1. The highest BCUT2D eigenvalue weighted by Gasteiger charge is 2.31. The van der Waals surface area contributed by atoms with Gasteiger partial charge in [-0.2, -0.15) is 0 Å². The molecule has 0 saturated heterocycles. The number of carbonyl (C=O) groups excluding carboxylic acids is 3. The smallest absolute Gasteiger partial charge is 0.408 e. The molecule has 2 aromatic rings. The molecule has 2 aromatic carbocycles. The van der Waals surface area contributed by atoms with Crippen molar-refractivity contribution in [2.45, 2.75) is 59.6 Å². The molecule has 0 aliphatic heterocycles. The fourth-order valence-electron chi connectivity index (χ4n) is 3.67. The molecule has 0 heterocycles. The Morgan fingerprint density at radius 2 is 1.66 bits per heavy atom. The zero-order valence-electron chi connectivity index (χ0n) is 21.6. The summed E-state index contributed by atoms with van der Waals surface area (Å²) in [5.41, 5.74) is 3.65. The zero-order chi connectivity index (χ0) is 26.2. The summed E-state index contributed by atoms with van der Waals surface area (Å²) in [5.74, 6) is -0.781. The van der Waals surface area contributed by atoms with Crippen molar-refractivity contribution < 1.29 is 19.1 Å². The Morgan fingerprint density at radius 1 is 1.06 bits per heavy atom. The van der Waals surface area contributed by atoms with E-state index >= 15 is 0 Å². The highest BCUT2D eigenvalue weighted by molar-refractivity contribution is 5.99. The zero-order valence-corrected chi connectivity index (χ0v) is 21.6. The van der Waals surface area contributed by atoms with Crippen LogP contribution >= 0.6 is 0 Å². The molecule has 0 aromatic heterocycles. The third kappa shape index (κ3) is 7.98. The van der Waals surface area contributed by atoms with E-state index in [0.717, 1.165) is 23.1 Å². The van der Waals surface area contributed by atoms with Crippen LogP contribution in [-0.4, -0.2) is 41.5 Å². The summed E-state index contributed by atoms with van der Waals surface area (Å²) in [5, 5.41) is 5.51. The Kier molecular flexibility index (Phi) is 9.63. The first kappa shape index (κ1) is 27.6. The molecule has 0 saturated carbocycles. The van der Waals surface area contributed by atoms with Crippen molar-refractivity contribution in [1.82, 2.24) is 10.2 Å². The molecule has 35 heavy (non-hydrogen) atoms. The van der Waals surface area contributed by atoms with E-state index in [2.05, 4.69) is 24.1 Å². The Bertz CT molecular complexity index is 1030. The van der Waals surface area contributed by atoms with Crippen molar-refractivity contribution in [2.24, 2.45) is 0 Å². The number of carbonyl (C=O) groups is 3. The van der Waals surface area contributed by atoms with E-state index in [0.29, 0.717) is 11.3 Å². The second-order valence-electron chi connectivity index (χ2n) is 9.44. The summed E-state index contributed by atoms with van der Waals surface area (Å²) < 4.78 is 5.23. The molecular formula is C28H37N3O4. The Hall–Kier alpha value is -3.61. The first-order valence-corrected chi connectivity index (χ1v) is 11.8. The lowest BCUT2D eigenvalue weighted by Gasteiger charge is -2.31. The van der Waals surface area contributed by atoms with Gasteiger partial charge in [0.25, 0.3) is 5.91 Å². The average molecular weight is 480 g/mol. The first-order valence-electron chi connectivity index (χ1n) is 11.8. The minimum absolute atomic E-state index is 0.120. The summed E-state index contributed by atoms with van der Waals surface area (Å²) in [6.07, 6.45) is 1.72. The van der Waals surface area contributed by atoms with Gasteiger partial charge in [-0.05, 0) is 63.3 Å². The van der Waals surface area contributed by atoms with Gasteiger partial charge in [-0.15, -0.1) is 6.58 Å². The summed E-state index contributed by atoms with van der Waals surface area (Å²) in [6, 6.07) is 12.5. The number of nitrogens with one attached hydrogen (secondary N) is 2. The fraction of sp³-hybridized carbons (Fsp3) is 0.393. The third-order valence-electron chi connectivity index (χ3n) is 5.42. The second kappa shape index (κ2) is 12.2. The van der Waals surface area contributed by atoms with Gasteiger partial charge in [-0.1, -0.05) is 55.5 Å². The molecule has 0 fully saturated rings. The summed E-state index contributed by atoms with van der Waals surface area (Å²) in [7, 11) is 0. The van der Waals surface area contributed by atoms with E-state index < -0.39 is 23.6 Å². The van der Waals surface area contributed by atoms with E-state index in [-0.39, 0.29) is 19.0 Å². The van der Waals surface area contributed by atoms with Crippen LogP contribution in [0.25, 0.3) is 0 Å². The number of benzene rings is 2. The molecule has 1 atom stereocenters. The summed E-state index contributed by atoms with van der Waals surface area (Å²) >= 11 is 0. The second-order valence-corrected chi connectivity index (χ2v) is 9.44. The van der Waals surface area contributed by atoms with Gasteiger partial charge in [0.05, 0.1) is 0 Å². The molecule has 188 valence electrons. The molecule has 3 amide bonds. The number of ether oxygens (including phenoxy) is 1. The lowest BCUT2D eigenvalue weighted by Crippen LogP contribution is -2.46. The van der Waals surface area contributed by atoms with Gasteiger partial charge in [-0.3, -0.25) is 9.59 Å². The van der Waals surface area contributed by atoms with Crippen LogP contribution in [0, 0.1) is 13.8 Å². The van der Waals surface area contributed by atoms with Crippen LogP contribution in [0.15, 0.2) is 55.1 Å². The average Bonchev–Trinajstić information content (AvgIpc) is 2.79. The Balaban J connectivity index is 2.38. The molecule has 0 radical (unpaired) electrons. The SMILES string of the molecule is C=CCN(C(=O)CNC(=O)OC(C)(C)C)C(C(=O)Nc1c(C)cccc1C)c1ccc(CC)cc1. The summed E-state index contributed by atoms with van der Waals surface area (Å²) in [6.45, 7) is 14.7. The number of hydrogen-bond donors (Lipinski definition) is 2. The standard InChI is InChI=1S/C28H37N3O4/c1-8-17-31(23(32)18-29-27(34)35-28(5,6)7)25(22-15-13-21(9-2)14-16-22)26(33)30-24-19(3)11-10-12-20(24)4/h8,10-16,25H,1,9,17-18H2,2-7H3,(H,29,34)(H,30,33). The Labute approximate surface area is 208 Å². The number of para-hydroxylation sites is 1. The maximum Gasteiger partial charge on any atom is 0.408 e. The Morgan fingerprint density at radius 3 is 2.17 bits per heavy atom. The predicted octanol–water partition coefficient (Wildman–Crippen LogP) is 5.08. The number of nitrogens with zero attached hydrogens (tertiary/aromatic N) is 1. The highest BCUT2D eigenvalue weighted by Crippen LogP contribution is 2.26. The van der Waals surface area contributed by atoms with Gasteiger partial charge < -0.3 is 20.3 Å². The van der Waals surface area contributed by atoms with Crippen LogP contribution in [-0.2, 0) is 20.7 Å². The topological polar surface area (TPSA) is 87.7 Å². The molecule has 0 aliphatic rings. The van der Waals surface area contributed by atoms with Crippen molar-refractivity contribution >= 4 is 23.6 Å². The lowest BCUT2D eigenvalue weighted by molar-refractivity contribution is -0.137. The molecule has 0 aliphatic carbocycles. The fourth-order valence-corrected chi connectivity index (χ4v) is 3.67. The van der Waals surface area contributed by atoms with E-state index in [4.69, 9.17) is 4.74 Å². The molecule has 1 unspecified atom stereocenters. The van der Waals surface area contributed by atoms with Gasteiger partial charge in [-0.25, -0.2) is 4.79 Å². The normalized spacial score (nSPS) is 11.8. The van der Waals surface area contributed by atoms with E-state index in [1.165, 1.54) is 4.90 Å². The van der Waals surface area contributed by atoms with Crippen molar-refractivity contribution in [1.29, 1.82) is 0 Å². The summed E-state index contributed by atoms with van der Waals surface area (Å²) in [4.78, 5) is 40.4. The number of aryl methyl sites for hydroxylation is 3. The molecule has 2 N–H and O–H groups in total. The van der Waals surface area contributed by atoms with Crippen LogP contribution in [0.2, 0.25) is 0 Å². The molecule has 7 heteroatoms. The quantitative estimate of drug-likeness (QED) is 0.491. The minimum atomic E-state index is -0.925. The van der Waals surface area contributed by atoms with Crippen LogP contribution < -0.4 is 10.6 Å². The number of rotatable bonds is 9. The van der Waals surface area contributed by atoms with Gasteiger partial charge in [0.2, 0.25) is 5.91 Å². The van der Waals surface area contributed by atoms with Crippen LogP contribution in [0.3, 0.4) is 0 Å². The molecule has 2 rings (SSSR count). The lowest BCUT2D eigenvalue weighted by atomic mass is 10.0. The van der Waals surface area contributed by atoms with Crippen molar-refractivity contribution in [2.75, 3.05) is 18.4 Å². The van der Waals surface area contributed by atoms with Crippen LogP contribution in [0.1, 0.15) is 56.0 Å². The molecular weight excluding hydrogens is 442 g/mol. The maximum atomic E-state index is 13.7. The predicted molar refractivity (Wildman–Crippen MR) is 139 cm³/mol. The van der Waals surface area contributed by atoms with E-state index in [9.17, 15) is 14.4 Å². The van der Waals surface area contributed by atoms with Gasteiger partial charge in [0.1, 0.15) is 18.2 Å². The third-order valence-corrected chi connectivity index (χ3v) is 5.42. The van der Waals surface area contributed by atoms with Crippen LogP contribution in [0.5, 0.6) is 0 Å². The van der Waals surface area contributed by atoms with Crippen molar-refractivity contribution in [3.8, 4) is 0 Å². The van der Waals surface area contributed by atoms with Gasteiger partial charge in [0, 0.05) is 12.2 Å². The van der Waals surface area contributed by atoms with E-state index in [1.54, 1.807) is 26.8 Å². The highest BCUT2D eigenvalue weighted by atomic mass is 16.6. The first-order chi connectivity index (χ1) is 16.5. The molecule has 7 nitrogen and oxygen atoms in total. The van der Waals surface area contributed by atoms with Crippen molar-refractivity contribution in [3.63, 3.8) is 0 Å². The molecule has 0 bridgehead atoms. The van der Waals surface area contributed by atoms with Gasteiger partial charge in [0.15, 0.2) is 0 Å². The largest absolute Gasteiger partial charge is 0.444 e. The van der Waals surface area contributed by atoms with Gasteiger partial charge >= 0.3 is 6.09 Å². The number of hydrogen-bond acceptors (Lipinski definition) is 4. The number of amides is 3. The molecule has 0 spiro atoms. The van der Waals surface area contributed by atoms with Crippen LogP contribution in [0.4, 0.5) is 10.5 Å². The van der Waals surface area contributed by atoms with E-state index in [1.807, 2.05) is 56.3 Å². The monoisotopic (exact) mass is 479 g/mol. The minimum Gasteiger partial charge on any atom is -0.444 e. The maximum absolute atomic E-state index is 13.7. The van der Waals surface area contributed by atoms with Crippen molar-refractivity contribution in [3.05, 3.63) is 77.4 Å².